The predicted octanol–water partition coefficient (Wildman–Crippen LogP) is 5.91. The van der Waals surface area contributed by atoms with E-state index in [1.807, 2.05) is 6.07 Å². The number of rotatable bonds is 8. The zero-order valence-corrected chi connectivity index (χ0v) is 25.1. The largest absolute Gasteiger partial charge is 0.748 e. The summed E-state index contributed by atoms with van der Waals surface area (Å²) < 4.78 is 73.0. The normalized spacial score (nSPS) is 15.6. The Morgan fingerprint density at radius 3 is 1.80 bits per heavy atom. The summed E-state index contributed by atoms with van der Waals surface area (Å²) in [4.78, 5) is 8.09. The molecule has 0 N–H and O–H groups in total. The van der Waals surface area contributed by atoms with Crippen LogP contribution in [0.3, 0.4) is 0 Å². The molecule has 1 saturated heterocycles. The highest BCUT2D eigenvalue weighted by molar-refractivity contribution is 7.97. The van der Waals surface area contributed by atoms with Gasteiger partial charge in [-0.05, 0) is 73.5 Å². The molecule has 0 saturated carbocycles. The van der Waals surface area contributed by atoms with E-state index >= 15 is 0 Å². The molecule has 0 amide bonds. The van der Waals surface area contributed by atoms with E-state index in [1.54, 1.807) is 0 Å². The van der Waals surface area contributed by atoms with Crippen molar-refractivity contribution in [1.82, 2.24) is 0 Å². The molecule has 224 valence electrons. The molecular formula is C29H35F3N2O5S2. The van der Waals surface area contributed by atoms with Crippen LogP contribution in [0.4, 0.5) is 24.5 Å². The Morgan fingerprint density at radius 1 is 0.878 bits per heavy atom. The number of halogens is 3. The summed E-state index contributed by atoms with van der Waals surface area (Å²) in [5.41, 5.74) is 2.40. The molecule has 3 aromatic rings. The molecule has 0 aliphatic carbocycles. The highest BCUT2D eigenvalue weighted by Gasteiger charge is 2.31. The fourth-order valence-electron chi connectivity index (χ4n) is 4.00. The lowest BCUT2D eigenvalue weighted by molar-refractivity contribution is -0.107. The van der Waals surface area contributed by atoms with Crippen LogP contribution in [0, 0.1) is 0 Å². The van der Waals surface area contributed by atoms with E-state index in [9.17, 15) is 26.1 Å². The summed E-state index contributed by atoms with van der Waals surface area (Å²) in [6, 6.07) is 26.3. The number of nitrogens with zero attached hydrogens (tertiary/aromatic N) is 2. The Kier molecular flexibility index (Phi) is 11.4. The average Bonchev–Trinajstić information content (AvgIpc) is 2.89. The fourth-order valence-corrected chi connectivity index (χ4v) is 6.48. The van der Waals surface area contributed by atoms with E-state index < -0.39 is 22.0 Å². The van der Waals surface area contributed by atoms with Crippen LogP contribution in [0.2, 0.25) is 0 Å². The van der Waals surface area contributed by atoms with Crippen LogP contribution in [-0.4, -0.2) is 66.0 Å². The molecule has 0 radical (unpaired) electrons. The molecule has 0 aromatic heterocycles. The predicted molar refractivity (Wildman–Crippen MR) is 155 cm³/mol. The van der Waals surface area contributed by atoms with Crippen molar-refractivity contribution >= 4 is 32.4 Å². The summed E-state index contributed by atoms with van der Waals surface area (Å²) >= 11 is 0. The Bertz CT molecular complexity index is 1290. The molecule has 1 atom stereocenters. The molecule has 3 aromatic carbocycles. The van der Waals surface area contributed by atoms with Crippen molar-refractivity contribution in [1.29, 1.82) is 0 Å². The number of hydrogen-bond acceptors (Lipinski definition) is 7. The van der Waals surface area contributed by atoms with Crippen molar-refractivity contribution in [3.05, 3.63) is 72.8 Å². The molecule has 1 aliphatic heterocycles. The second-order valence-corrected chi connectivity index (χ2v) is 13.2. The van der Waals surface area contributed by atoms with Crippen LogP contribution in [0.1, 0.15) is 19.3 Å². The molecular weight excluding hydrogens is 577 g/mol. The van der Waals surface area contributed by atoms with Crippen LogP contribution in [-0.2, 0) is 25.7 Å². The first-order valence-corrected chi connectivity index (χ1v) is 15.7. The van der Waals surface area contributed by atoms with Crippen molar-refractivity contribution in [3.63, 3.8) is 0 Å². The lowest BCUT2D eigenvalue weighted by Crippen LogP contribution is -2.25. The van der Waals surface area contributed by atoms with Crippen molar-refractivity contribution in [2.45, 2.75) is 46.4 Å². The van der Waals surface area contributed by atoms with E-state index in [2.05, 4.69) is 105 Å². The van der Waals surface area contributed by atoms with Gasteiger partial charge in [0.1, 0.15) is 21.6 Å². The average molecular weight is 613 g/mol. The van der Waals surface area contributed by atoms with Gasteiger partial charge in [0, 0.05) is 52.1 Å². The molecule has 1 aliphatic rings. The SMILES string of the molecule is CN(C)c1ccc([S+](c2ccc(N(C)C)cc2)c2cccc(OC3CCCCO3)c2)cc1.O=S(=O)([O-])CC(F)(F)F. The van der Waals surface area contributed by atoms with Gasteiger partial charge in [0.25, 0.3) is 0 Å². The van der Waals surface area contributed by atoms with E-state index in [0.29, 0.717) is 0 Å². The summed E-state index contributed by atoms with van der Waals surface area (Å²) in [7, 11) is 2.90. The van der Waals surface area contributed by atoms with Gasteiger partial charge >= 0.3 is 6.18 Å². The van der Waals surface area contributed by atoms with Gasteiger partial charge < -0.3 is 23.8 Å². The van der Waals surface area contributed by atoms with Crippen LogP contribution < -0.4 is 14.5 Å². The van der Waals surface area contributed by atoms with Gasteiger partial charge in [-0.3, -0.25) is 0 Å². The Morgan fingerprint density at radius 2 is 1.41 bits per heavy atom. The molecule has 1 unspecified atom stereocenters. The zero-order chi connectivity index (χ0) is 30.2. The van der Waals surface area contributed by atoms with Gasteiger partial charge in [0.2, 0.25) is 0 Å². The third-order valence-corrected chi connectivity index (χ3v) is 8.86. The van der Waals surface area contributed by atoms with Gasteiger partial charge in [0.15, 0.2) is 21.0 Å². The molecule has 0 spiro atoms. The van der Waals surface area contributed by atoms with E-state index in [-0.39, 0.29) is 17.2 Å². The smallest absolute Gasteiger partial charge is 0.401 e. The molecule has 1 fully saturated rings. The van der Waals surface area contributed by atoms with Crippen LogP contribution in [0.25, 0.3) is 0 Å². The van der Waals surface area contributed by atoms with Crippen LogP contribution in [0.5, 0.6) is 5.75 Å². The molecule has 1 heterocycles. The molecule has 4 rings (SSSR count). The Balaban J connectivity index is 0.000000445. The number of anilines is 2. The van der Waals surface area contributed by atoms with Crippen molar-refractivity contribution in [2.24, 2.45) is 0 Å². The Hall–Kier alpha value is -2.93. The minimum absolute atomic E-state index is 0.139. The second-order valence-electron chi connectivity index (χ2n) is 9.79. The summed E-state index contributed by atoms with van der Waals surface area (Å²) in [5, 5.41) is 0. The van der Waals surface area contributed by atoms with Crippen LogP contribution in [0.15, 0.2) is 87.5 Å². The summed E-state index contributed by atoms with van der Waals surface area (Å²) in [6.07, 6.45) is -1.82. The van der Waals surface area contributed by atoms with Crippen molar-refractivity contribution in [3.8, 4) is 5.75 Å². The topological polar surface area (TPSA) is 82.1 Å². The quantitative estimate of drug-likeness (QED) is 0.231. The third kappa shape index (κ3) is 10.8. The first-order valence-electron chi connectivity index (χ1n) is 12.9. The van der Waals surface area contributed by atoms with Gasteiger partial charge in [-0.15, -0.1) is 0 Å². The molecule has 0 bridgehead atoms. The highest BCUT2D eigenvalue weighted by Crippen LogP contribution is 2.35. The molecule has 7 nitrogen and oxygen atoms in total. The first kappa shape index (κ1) is 32.6. The standard InChI is InChI=1S/C27H33N2O2S.C2H3F3O3S/c1-28(2)21-11-15-24(16-12-21)32(25-17-13-22(14-18-25)29(3)4)26-9-7-8-23(20-26)31-27-10-5-6-19-30-27;3-2(4,5)1-9(6,7)8/h7-9,11-18,20,27H,5-6,10,19H2,1-4H3;1H2,(H,6,7,8)/q+1;/p-1. The minimum Gasteiger partial charge on any atom is -0.748 e. The van der Waals surface area contributed by atoms with E-state index in [0.717, 1.165) is 31.6 Å². The van der Waals surface area contributed by atoms with Crippen molar-refractivity contribution < 1.29 is 35.6 Å². The van der Waals surface area contributed by atoms with Gasteiger partial charge in [-0.25, -0.2) is 8.42 Å². The summed E-state index contributed by atoms with van der Waals surface area (Å²) in [5.74, 6) is -1.42. The van der Waals surface area contributed by atoms with Crippen molar-refractivity contribution in [2.75, 3.05) is 50.4 Å². The van der Waals surface area contributed by atoms with Gasteiger partial charge in [-0.2, -0.15) is 13.2 Å². The fraction of sp³-hybridized carbons (Fsp3) is 0.379. The number of benzene rings is 3. The Labute approximate surface area is 243 Å². The number of hydrogen-bond donors (Lipinski definition) is 0. The minimum atomic E-state index is -5.16. The lowest BCUT2D eigenvalue weighted by atomic mass is 10.2. The maximum atomic E-state index is 11.0. The zero-order valence-electron chi connectivity index (χ0n) is 23.4. The van der Waals surface area contributed by atoms with Crippen LogP contribution >= 0.6 is 0 Å². The second kappa shape index (κ2) is 14.3. The van der Waals surface area contributed by atoms with Gasteiger partial charge in [0.05, 0.1) is 17.5 Å². The first-order chi connectivity index (χ1) is 19.2. The van der Waals surface area contributed by atoms with Gasteiger partial charge in [-0.1, -0.05) is 6.07 Å². The maximum absolute atomic E-state index is 11.0. The maximum Gasteiger partial charge on any atom is 0.401 e. The monoisotopic (exact) mass is 612 g/mol. The highest BCUT2D eigenvalue weighted by atomic mass is 32.2. The number of alkyl halides is 3. The molecule has 12 heteroatoms. The summed E-state index contributed by atoms with van der Waals surface area (Å²) in [6.45, 7) is 0.783. The van der Waals surface area contributed by atoms with E-state index in [4.69, 9.17) is 9.47 Å². The molecule has 41 heavy (non-hydrogen) atoms. The third-order valence-electron chi connectivity index (χ3n) is 5.96. The van der Waals surface area contributed by atoms with E-state index in [1.165, 1.54) is 26.1 Å². The lowest BCUT2D eigenvalue weighted by Gasteiger charge is -2.23. The number of ether oxygens (including phenoxy) is 2.